The Bertz CT molecular complexity index is 814. The third kappa shape index (κ3) is 4.45. The maximum atomic E-state index is 6.11. The summed E-state index contributed by atoms with van der Waals surface area (Å²) in [5, 5.41) is 12.3. The summed E-state index contributed by atoms with van der Waals surface area (Å²) in [6.45, 7) is 2.58. The summed E-state index contributed by atoms with van der Waals surface area (Å²) in [6.07, 6.45) is 0. The van der Waals surface area contributed by atoms with Gasteiger partial charge in [-0.15, -0.1) is 10.2 Å². The van der Waals surface area contributed by atoms with Crippen molar-refractivity contribution in [3.05, 3.63) is 65.5 Å². The lowest BCUT2D eigenvalue weighted by Crippen LogP contribution is -2.16. The highest BCUT2D eigenvalue weighted by Crippen LogP contribution is 2.21. The monoisotopic (exact) mass is 355 g/mol. The number of anilines is 1. The molecular weight excluding hydrogens is 334 g/mol. The predicted octanol–water partition coefficient (Wildman–Crippen LogP) is 3.21. The van der Waals surface area contributed by atoms with Crippen LogP contribution in [0.1, 0.15) is 17.0 Å². The van der Waals surface area contributed by atoms with Crippen LogP contribution in [0.5, 0.6) is 5.75 Å². The van der Waals surface area contributed by atoms with Gasteiger partial charge in [-0.2, -0.15) is 0 Å². The van der Waals surface area contributed by atoms with Crippen LogP contribution in [0.4, 0.5) is 5.69 Å². The highest BCUT2D eigenvalue weighted by atomic mass is 32.2. The van der Waals surface area contributed by atoms with Gasteiger partial charge in [0.15, 0.2) is 5.82 Å². The lowest BCUT2D eigenvalue weighted by Gasteiger charge is -2.07. The summed E-state index contributed by atoms with van der Waals surface area (Å²) in [6, 6.07) is 16.1. The Kier molecular flexibility index (Phi) is 5.45. The first-order valence-electron chi connectivity index (χ1n) is 7.91. The summed E-state index contributed by atoms with van der Waals surface area (Å²) >= 11 is 1.57. The smallest absolute Gasteiger partial charge is 0.210 e. The topological polar surface area (TPSA) is 78.0 Å². The van der Waals surface area contributed by atoms with Gasteiger partial charge in [0.05, 0.1) is 13.7 Å². The van der Waals surface area contributed by atoms with Gasteiger partial charge in [-0.1, -0.05) is 41.6 Å². The molecule has 3 N–H and O–H groups in total. The van der Waals surface area contributed by atoms with E-state index in [1.807, 2.05) is 24.3 Å². The number of hydrogen-bond donors (Lipinski definition) is 2. The van der Waals surface area contributed by atoms with E-state index in [-0.39, 0.29) is 0 Å². The number of methoxy groups -OCH3 is 1. The summed E-state index contributed by atoms with van der Waals surface area (Å²) in [5.41, 5.74) is 3.46. The Balaban J connectivity index is 1.57. The zero-order chi connectivity index (χ0) is 17.6. The average molecular weight is 355 g/mol. The molecule has 25 heavy (non-hydrogen) atoms. The van der Waals surface area contributed by atoms with Crippen molar-refractivity contribution >= 4 is 17.4 Å². The van der Waals surface area contributed by atoms with E-state index >= 15 is 0 Å². The lowest BCUT2D eigenvalue weighted by atomic mass is 10.2. The van der Waals surface area contributed by atoms with Crippen molar-refractivity contribution in [3.63, 3.8) is 0 Å². The maximum absolute atomic E-state index is 6.11. The molecule has 6 nitrogen and oxygen atoms in total. The average Bonchev–Trinajstić information content (AvgIpc) is 3.00. The minimum absolute atomic E-state index is 0.501. The molecule has 0 saturated carbocycles. The highest BCUT2D eigenvalue weighted by molar-refractivity contribution is 7.98. The summed E-state index contributed by atoms with van der Waals surface area (Å²) < 4.78 is 6.68. The second-order valence-electron chi connectivity index (χ2n) is 5.63. The number of thioether (sulfide) groups is 1. The molecule has 0 saturated heterocycles. The number of aromatic nitrogens is 3. The van der Waals surface area contributed by atoms with Crippen LogP contribution in [-0.4, -0.2) is 22.0 Å². The van der Waals surface area contributed by atoms with Gasteiger partial charge in [0.1, 0.15) is 5.75 Å². The van der Waals surface area contributed by atoms with E-state index in [0.717, 1.165) is 17.2 Å². The van der Waals surface area contributed by atoms with E-state index < -0.39 is 0 Å². The van der Waals surface area contributed by atoms with Crippen LogP contribution in [0.2, 0.25) is 0 Å². The Morgan fingerprint density at radius 2 is 1.80 bits per heavy atom. The summed E-state index contributed by atoms with van der Waals surface area (Å²) in [4.78, 5) is 0. The minimum atomic E-state index is 0.501. The molecule has 3 aromatic rings. The molecule has 0 radical (unpaired) electrons. The van der Waals surface area contributed by atoms with Gasteiger partial charge in [0.2, 0.25) is 5.16 Å². The van der Waals surface area contributed by atoms with E-state index in [9.17, 15) is 0 Å². The normalized spacial score (nSPS) is 10.6. The SMILES string of the molecule is COc1ccc(NCc2nnc(SCc3ccc(C)cc3)n2N)cc1. The van der Waals surface area contributed by atoms with E-state index in [4.69, 9.17) is 10.6 Å². The molecule has 1 heterocycles. The van der Waals surface area contributed by atoms with Crippen molar-refractivity contribution in [2.24, 2.45) is 0 Å². The molecule has 0 bridgehead atoms. The van der Waals surface area contributed by atoms with Gasteiger partial charge in [0, 0.05) is 11.4 Å². The van der Waals surface area contributed by atoms with Crippen LogP contribution < -0.4 is 15.9 Å². The van der Waals surface area contributed by atoms with Crippen molar-refractivity contribution in [1.29, 1.82) is 0 Å². The highest BCUT2D eigenvalue weighted by Gasteiger charge is 2.10. The van der Waals surface area contributed by atoms with Crippen LogP contribution >= 0.6 is 11.8 Å². The van der Waals surface area contributed by atoms with Crippen molar-refractivity contribution in [3.8, 4) is 5.75 Å². The minimum Gasteiger partial charge on any atom is -0.497 e. The number of nitrogens with zero attached hydrogens (tertiary/aromatic N) is 3. The molecule has 0 unspecified atom stereocenters. The molecule has 7 heteroatoms. The number of nitrogen functional groups attached to an aromatic ring is 1. The fraction of sp³-hybridized carbons (Fsp3) is 0.222. The molecule has 0 aliphatic heterocycles. The standard InChI is InChI=1S/C18H21N5OS/c1-13-3-5-14(6-4-13)12-25-18-22-21-17(23(18)19)11-20-15-7-9-16(24-2)10-8-15/h3-10,20H,11-12,19H2,1-2H3. The zero-order valence-electron chi connectivity index (χ0n) is 14.3. The molecule has 0 aliphatic rings. The van der Waals surface area contributed by atoms with E-state index in [1.54, 1.807) is 18.9 Å². The Hall–Kier alpha value is -2.67. The second kappa shape index (κ2) is 7.94. The van der Waals surface area contributed by atoms with Gasteiger partial charge in [-0.05, 0) is 36.8 Å². The molecule has 3 rings (SSSR count). The van der Waals surface area contributed by atoms with Gasteiger partial charge in [0.25, 0.3) is 0 Å². The van der Waals surface area contributed by atoms with Gasteiger partial charge in [-0.3, -0.25) is 0 Å². The second-order valence-corrected chi connectivity index (χ2v) is 6.57. The molecule has 0 aliphatic carbocycles. The number of rotatable bonds is 7. The van der Waals surface area contributed by atoms with E-state index in [2.05, 4.69) is 46.7 Å². The molecular formula is C18H21N5OS. The van der Waals surface area contributed by atoms with Gasteiger partial charge < -0.3 is 15.9 Å². The first-order chi connectivity index (χ1) is 12.2. The van der Waals surface area contributed by atoms with Crippen molar-refractivity contribution in [2.45, 2.75) is 24.4 Å². The van der Waals surface area contributed by atoms with E-state index in [0.29, 0.717) is 17.5 Å². The van der Waals surface area contributed by atoms with Crippen LogP contribution in [0.25, 0.3) is 0 Å². The Labute approximate surface area is 151 Å². The number of benzene rings is 2. The number of nitrogens with two attached hydrogens (primary N) is 1. The van der Waals surface area contributed by atoms with Crippen molar-refractivity contribution in [2.75, 3.05) is 18.3 Å². The predicted molar refractivity (Wildman–Crippen MR) is 101 cm³/mol. The molecule has 2 aromatic carbocycles. The molecule has 0 amide bonds. The van der Waals surface area contributed by atoms with Crippen molar-refractivity contribution in [1.82, 2.24) is 14.9 Å². The van der Waals surface area contributed by atoms with Crippen molar-refractivity contribution < 1.29 is 4.74 Å². The molecule has 1 aromatic heterocycles. The summed E-state index contributed by atoms with van der Waals surface area (Å²) in [7, 11) is 1.65. The van der Waals surface area contributed by atoms with Crippen LogP contribution in [-0.2, 0) is 12.3 Å². The van der Waals surface area contributed by atoms with Crippen LogP contribution in [0.3, 0.4) is 0 Å². The zero-order valence-corrected chi connectivity index (χ0v) is 15.1. The third-order valence-corrected chi connectivity index (χ3v) is 4.78. The first kappa shape index (κ1) is 17.2. The maximum Gasteiger partial charge on any atom is 0.210 e. The fourth-order valence-electron chi connectivity index (χ4n) is 2.25. The third-order valence-electron chi connectivity index (χ3n) is 3.76. The Morgan fingerprint density at radius 1 is 1.08 bits per heavy atom. The van der Waals surface area contributed by atoms with E-state index in [1.165, 1.54) is 15.8 Å². The molecule has 0 atom stereocenters. The van der Waals surface area contributed by atoms with Gasteiger partial charge in [-0.25, -0.2) is 4.68 Å². The quantitative estimate of drug-likeness (QED) is 0.500. The largest absolute Gasteiger partial charge is 0.497 e. The molecule has 0 fully saturated rings. The number of aryl methyl sites for hydroxylation is 1. The first-order valence-corrected chi connectivity index (χ1v) is 8.90. The van der Waals surface area contributed by atoms with Crippen LogP contribution in [0.15, 0.2) is 53.7 Å². The molecule has 130 valence electrons. The van der Waals surface area contributed by atoms with Crippen LogP contribution in [0, 0.1) is 6.92 Å². The fourth-order valence-corrected chi connectivity index (χ4v) is 3.08. The number of ether oxygens (including phenoxy) is 1. The Morgan fingerprint density at radius 3 is 2.48 bits per heavy atom. The summed E-state index contributed by atoms with van der Waals surface area (Å²) in [5.74, 6) is 8.42. The van der Waals surface area contributed by atoms with Gasteiger partial charge >= 0.3 is 0 Å². The number of nitrogens with one attached hydrogen (secondary N) is 1. The lowest BCUT2D eigenvalue weighted by molar-refractivity contribution is 0.415. The number of hydrogen-bond acceptors (Lipinski definition) is 6. The molecule has 0 spiro atoms.